The number of piperazine rings is 1. The van der Waals surface area contributed by atoms with Crippen LogP contribution in [0.3, 0.4) is 0 Å². The summed E-state index contributed by atoms with van der Waals surface area (Å²) in [4.78, 5) is 2.29. The number of hydrogen-bond donors (Lipinski definition) is 0. The van der Waals surface area contributed by atoms with Gasteiger partial charge in [-0.2, -0.15) is 4.31 Å². The molecule has 1 fully saturated rings. The van der Waals surface area contributed by atoms with Crippen LogP contribution >= 0.6 is 23.1 Å². The minimum absolute atomic E-state index is 0.178. The molecule has 0 atom stereocenters. The first-order chi connectivity index (χ1) is 10.9. The SMILES string of the molecule is Cc1noc(C)c1S(=O)(=O)N1CCN(Cc2nnsc2Cl)CC1. The molecular formula is C12H16ClN5O3S2. The molecular weight excluding hydrogens is 362 g/mol. The van der Waals surface area contributed by atoms with Crippen molar-refractivity contribution in [3.63, 3.8) is 0 Å². The summed E-state index contributed by atoms with van der Waals surface area (Å²) in [6, 6.07) is 0. The minimum atomic E-state index is -3.58. The number of halogens is 1. The largest absolute Gasteiger partial charge is 0.360 e. The van der Waals surface area contributed by atoms with Crippen molar-refractivity contribution in [3.05, 3.63) is 21.5 Å². The predicted molar refractivity (Wildman–Crippen MR) is 84.9 cm³/mol. The zero-order valence-electron chi connectivity index (χ0n) is 12.7. The molecule has 2 aromatic heterocycles. The van der Waals surface area contributed by atoms with E-state index < -0.39 is 10.0 Å². The fourth-order valence-electron chi connectivity index (χ4n) is 2.60. The van der Waals surface area contributed by atoms with Gasteiger partial charge in [-0.3, -0.25) is 4.90 Å². The van der Waals surface area contributed by atoms with Gasteiger partial charge in [0.05, 0.1) is 0 Å². The highest BCUT2D eigenvalue weighted by Crippen LogP contribution is 2.25. The Morgan fingerprint density at radius 1 is 1.26 bits per heavy atom. The molecule has 0 amide bonds. The summed E-state index contributed by atoms with van der Waals surface area (Å²) in [6.45, 7) is 5.85. The quantitative estimate of drug-likeness (QED) is 0.792. The molecule has 3 heterocycles. The van der Waals surface area contributed by atoms with Gasteiger partial charge >= 0.3 is 0 Å². The van der Waals surface area contributed by atoms with Gasteiger partial charge in [0.25, 0.3) is 0 Å². The fourth-order valence-corrected chi connectivity index (χ4v) is 4.93. The van der Waals surface area contributed by atoms with Crippen molar-refractivity contribution >= 4 is 33.2 Å². The molecule has 0 saturated carbocycles. The second kappa shape index (κ2) is 6.44. The number of rotatable bonds is 4. The van der Waals surface area contributed by atoms with Gasteiger partial charge in [-0.25, -0.2) is 8.42 Å². The molecule has 1 saturated heterocycles. The van der Waals surface area contributed by atoms with Crippen LogP contribution in [0.25, 0.3) is 0 Å². The van der Waals surface area contributed by atoms with Gasteiger partial charge in [0.15, 0.2) is 5.76 Å². The van der Waals surface area contributed by atoms with Crippen LogP contribution < -0.4 is 0 Å². The zero-order chi connectivity index (χ0) is 16.6. The van der Waals surface area contributed by atoms with Gasteiger partial charge in [0.1, 0.15) is 20.6 Å². The normalized spacial score (nSPS) is 17.7. The van der Waals surface area contributed by atoms with Crippen LogP contribution in [0.15, 0.2) is 9.42 Å². The highest BCUT2D eigenvalue weighted by atomic mass is 35.5. The monoisotopic (exact) mass is 377 g/mol. The topological polar surface area (TPSA) is 92.4 Å². The maximum atomic E-state index is 12.7. The molecule has 0 aliphatic carbocycles. The Morgan fingerprint density at radius 3 is 2.48 bits per heavy atom. The number of aryl methyl sites for hydroxylation is 2. The first-order valence-corrected chi connectivity index (χ1v) is 9.61. The molecule has 126 valence electrons. The third-order valence-electron chi connectivity index (χ3n) is 3.78. The van der Waals surface area contributed by atoms with E-state index in [0.717, 1.165) is 17.2 Å². The lowest BCUT2D eigenvalue weighted by molar-refractivity contribution is 0.180. The van der Waals surface area contributed by atoms with Crippen LogP contribution in [-0.2, 0) is 16.6 Å². The van der Waals surface area contributed by atoms with E-state index in [1.54, 1.807) is 13.8 Å². The molecule has 0 radical (unpaired) electrons. The summed E-state index contributed by atoms with van der Waals surface area (Å²) in [5, 5.41) is 7.72. The van der Waals surface area contributed by atoms with Crippen LogP contribution in [0, 0.1) is 13.8 Å². The molecule has 0 bridgehead atoms. The first-order valence-electron chi connectivity index (χ1n) is 7.01. The summed E-state index contributed by atoms with van der Waals surface area (Å²) in [5.41, 5.74) is 1.13. The van der Waals surface area contributed by atoms with Crippen molar-refractivity contribution in [2.75, 3.05) is 26.2 Å². The van der Waals surface area contributed by atoms with Crippen LogP contribution in [0.2, 0.25) is 4.34 Å². The van der Waals surface area contributed by atoms with Gasteiger partial charge in [0.2, 0.25) is 10.0 Å². The molecule has 0 aromatic carbocycles. The van der Waals surface area contributed by atoms with Gasteiger partial charge in [0, 0.05) is 44.3 Å². The third kappa shape index (κ3) is 3.26. The van der Waals surface area contributed by atoms with E-state index in [0.29, 0.717) is 48.5 Å². The Labute approximate surface area is 143 Å². The van der Waals surface area contributed by atoms with Crippen LogP contribution in [-0.4, -0.2) is 58.5 Å². The fraction of sp³-hybridized carbons (Fsp3) is 0.583. The molecule has 1 aliphatic heterocycles. The molecule has 0 N–H and O–H groups in total. The van der Waals surface area contributed by atoms with Gasteiger partial charge in [-0.1, -0.05) is 21.2 Å². The average molecular weight is 378 g/mol. The molecule has 3 rings (SSSR count). The number of aromatic nitrogens is 3. The van der Waals surface area contributed by atoms with Crippen molar-refractivity contribution < 1.29 is 12.9 Å². The van der Waals surface area contributed by atoms with E-state index in [9.17, 15) is 8.42 Å². The van der Waals surface area contributed by atoms with Crippen molar-refractivity contribution in [2.24, 2.45) is 0 Å². The Bertz CT molecular complexity index is 776. The van der Waals surface area contributed by atoms with E-state index in [4.69, 9.17) is 16.1 Å². The van der Waals surface area contributed by atoms with E-state index >= 15 is 0 Å². The summed E-state index contributed by atoms with van der Waals surface area (Å²) in [6.07, 6.45) is 0. The lowest BCUT2D eigenvalue weighted by atomic mass is 10.3. The lowest BCUT2D eigenvalue weighted by Gasteiger charge is -2.33. The highest BCUT2D eigenvalue weighted by molar-refractivity contribution is 7.89. The molecule has 0 unspecified atom stereocenters. The summed E-state index contributed by atoms with van der Waals surface area (Å²) >= 11 is 7.16. The van der Waals surface area contributed by atoms with Crippen LogP contribution in [0.1, 0.15) is 17.1 Å². The average Bonchev–Trinajstić information content (AvgIpc) is 3.06. The van der Waals surface area contributed by atoms with E-state index in [2.05, 4.69) is 19.6 Å². The van der Waals surface area contributed by atoms with Crippen molar-refractivity contribution in [2.45, 2.75) is 25.3 Å². The van der Waals surface area contributed by atoms with E-state index in [-0.39, 0.29) is 4.90 Å². The Hall–Kier alpha value is -1.07. The standard InChI is InChI=1S/C12H16ClN5O3S2/c1-8-11(9(2)21-15-8)23(19,20)18-5-3-17(4-6-18)7-10-12(13)22-16-14-10/h3-7H2,1-2H3. The molecule has 23 heavy (non-hydrogen) atoms. The Balaban J connectivity index is 1.68. The maximum Gasteiger partial charge on any atom is 0.248 e. The van der Waals surface area contributed by atoms with Gasteiger partial charge in [-0.15, -0.1) is 5.10 Å². The van der Waals surface area contributed by atoms with Crippen LogP contribution in [0.5, 0.6) is 0 Å². The number of nitrogens with zero attached hydrogens (tertiary/aromatic N) is 5. The van der Waals surface area contributed by atoms with Gasteiger partial charge < -0.3 is 4.52 Å². The van der Waals surface area contributed by atoms with Crippen molar-refractivity contribution in [3.8, 4) is 0 Å². The molecule has 2 aromatic rings. The molecule has 8 nitrogen and oxygen atoms in total. The predicted octanol–water partition coefficient (Wildman–Crippen LogP) is 1.30. The molecule has 11 heteroatoms. The second-order valence-electron chi connectivity index (χ2n) is 5.33. The maximum absolute atomic E-state index is 12.7. The molecule has 1 aliphatic rings. The van der Waals surface area contributed by atoms with Crippen molar-refractivity contribution in [1.29, 1.82) is 0 Å². The van der Waals surface area contributed by atoms with Crippen LogP contribution in [0.4, 0.5) is 0 Å². The highest BCUT2D eigenvalue weighted by Gasteiger charge is 2.33. The summed E-state index contributed by atoms with van der Waals surface area (Å²) in [5.74, 6) is 0.324. The first kappa shape index (κ1) is 16.8. The molecule has 0 spiro atoms. The summed E-state index contributed by atoms with van der Waals surface area (Å²) in [7, 11) is -3.58. The second-order valence-corrected chi connectivity index (χ2v) is 8.56. The Kier molecular flexibility index (Phi) is 4.70. The van der Waals surface area contributed by atoms with Crippen molar-refractivity contribution in [1.82, 2.24) is 23.9 Å². The Morgan fingerprint density at radius 2 is 1.96 bits per heavy atom. The summed E-state index contributed by atoms with van der Waals surface area (Å²) < 4.78 is 36.3. The van der Waals surface area contributed by atoms with E-state index in [1.807, 2.05) is 0 Å². The number of hydrogen-bond acceptors (Lipinski definition) is 8. The van der Waals surface area contributed by atoms with Gasteiger partial charge in [-0.05, 0) is 13.8 Å². The smallest absolute Gasteiger partial charge is 0.248 e. The number of sulfonamides is 1. The zero-order valence-corrected chi connectivity index (χ0v) is 15.1. The minimum Gasteiger partial charge on any atom is -0.360 e. The van der Waals surface area contributed by atoms with E-state index in [1.165, 1.54) is 4.31 Å². The lowest BCUT2D eigenvalue weighted by Crippen LogP contribution is -2.48. The third-order valence-corrected chi connectivity index (χ3v) is 6.91.